The summed E-state index contributed by atoms with van der Waals surface area (Å²) in [5.74, 6) is 5.38. The highest BCUT2D eigenvalue weighted by Gasteiger charge is 2.60. The van der Waals surface area contributed by atoms with Crippen LogP contribution in [0.15, 0.2) is 0 Å². The zero-order valence-corrected chi connectivity index (χ0v) is 18.3. The predicted molar refractivity (Wildman–Crippen MR) is 110 cm³/mol. The van der Waals surface area contributed by atoms with Crippen molar-refractivity contribution < 1.29 is 9.53 Å². The molecule has 0 bridgehead atoms. The van der Waals surface area contributed by atoms with E-state index in [-0.39, 0.29) is 5.97 Å². The van der Waals surface area contributed by atoms with Crippen LogP contribution in [-0.2, 0) is 9.53 Å². The summed E-state index contributed by atoms with van der Waals surface area (Å²) in [6.07, 6.45) is 16.4. The van der Waals surface area contributed by atoms with Crippen LogP contribution in [0.25, 0.3) is 0 Å². The first-order valence-corrected chi connectivity index (χ1v) is 12.0. The van der Waals surface area contributed by atoms with Gasteiger partial charge < -0.3 is 4.74 Å². The summed E-state index contributed by atoms with van der Waals surface area (Å²) in [7, 11) is 1.52. The standard InChI is InChI=1S/C25H42O2/c1-17(8-13-23(26)27-4)20-11-12-21-19-10-9-18-7-5-6-15-24(18,2)22(19)14-16-25(20,21)3/h17-22H,5-16H2,1-4H3/t17-,18-,19+,20-,21+,22+,24-,25+/m1/s1. The summed E-state index contributed by atoms with van der Waals surface area (Å²) in [6, 6.07) is 0. The average molecular weight is 375 g/mol. The Morgan fingerprint density at radius 1 is 0.963 bits per heavy atom. The van der Waals surface area contributed by atoms with Crippen LogP contribution in [0, 0.1) is 46.3 Å². The average Bonchev–Trinajstić information content (AvgIpc) is 3.02. The van der Waals surface area contributed by atoms with Crippen LogP contribution in [0.4, 0.5) is 0 Å². The lowest BCUT2D eigenvalue weighted by Gasteiger charge is -2.61. The zero-order chi connectivity index (χ0) is 19.2. The number of esters is 1. The molecule has 0 unspecified atom stereocenters. The van der Waals surface area contributed by atoms with Crippen molar-refractivity contribution in [3.8, 4) is 0 Å². The van der Waals surface area contributed by atoms with Gasteiger partial charge in [-0.2, -0.15) is 0 Å². The number of ether oxygens (including phenoxy) is 1. The molecular formula is C25H42O2. The molecule has 0 spiro atoms. The van der Waals surface area contributed by atoms with E-state index in [1.807, 2.05) is 0 Å². The Labute approximate surface area is 167 Å². The van der Waals surface area contributed by atoms with Gasteiger partial charge in [0.25, 0.3) is 0 Å². The number of hydrogen-bond donors (Lipinski definition) is 0. The molecule has 0 heterocycles. The Morgan fingerprint density at radius 2 is 1.74 bits per heavy atom. The van der Waals surface area contributed by atoms with Crippen molar-refractivity contribution in [2.75, 3.05) is 7.11 Å². The molecule has 0 aliphatic heterocycles. The van der Waals surface area contributed by atoms with Crippen molar-refractivity contribution in [2.45, 2.75) is 97.8 Å². The third-order valence-electron chi connectivity index (χ3n) is 10.4. The topological polar surface area (TPSA) is 26.3 Å². The maximum Gasteiger partial charge on any atom is 0.305 e. The number of hydrogen-bond acceptors (Lipinski definition) is 2. The number of fused-ring (bicyclic) bond motifs is 5. The Kier molecular flexibility index (Phi) is 5.40. The summed E-state index contributed by atoms with van der Waals surface area (Å²) in [5, 5.41) is 0. The first-order chi connectivity index (χ1) is 12.9. The Balaban J connectivity index is 1.49. The predicted octanol–water partition coefficient (Wildman–Crippen LogP) is 6.62. The molecule has 27 heavy (non-hydrogen) atoms. The second-order valence-corrected chi connectivity index (χ2v) is 11.2. The molecule has 4 aliphatic carbocycles. The van der Waals surface area contributed by atoms with E-state index in [1.165, 1.54) is 71.3 Å². The van der Waals surface area contributed by atoms with Gasteiger partial charge in [-0.15, -0.1) is 0 Å². The van der Waals surface area contributed by atoms with E-state index in [4.69, 9.17) is 4.74 Å². The number of carbonyl (C=O) groups excluding carboxylic acids is 1. The molecule has 8 atom stereocenters. The van der Waals surface area contributed by atoms with Gasteiger partial charge in [0.2, 0.25) is 0 Å². The Bertz CT molecular complexity index is 557. The van der Waals surface area contributed by atoms with E-state index < -0.39 is 0 Å². The van der Waals surface area contributed by atoms with Crippen molar-refractivity contribution in [2.24, 2.45) is 46.3 Å². The highest BCUT2D eigenvalue weighted by atomic mass is 16.5. The lowest BCUT2D eigenvalue weighted by Crippen LogP contribution is -2.53. The minimum absolute atomic E-state index is 0.0335. The summed E-state index contributed by atoms with van der Waals surface area (Å²) >= 11 is 0. The molecular weight excluding hydrogens is 332 g/mol. The highest BCUT2D eigenvalue weighted by Crippen LogP contribution is 2.68. The van der Waals surface area contributed by atoms with Gasteiger partial charge in [-0.05, 0) is 104 Å². The van der Waals surface area contributed by atoms with E-state index in [1.54, 1.807) is 0 Å². The Morgan fingerprint density at radius 3 is 2.52 bits per heavy atom. The molecule has 2 nitrogen and oxygen atoms in total. The highest BCUT2D eigenvalue weighted by molar-refractivity contribution is 5.69. The van der Waals surface area contributed by atoms with E-state index >= 15 is 0 Å². The van der Waals surface area contributed by atoms with Gasteiger partial charge in [0, 0.05) is 6.42 Å². The fraction of sp³-hybridized carbons (Fsp3) is 0.960. The van der Waals surface area contributed by atoms with Gasteiger partial charge in [-0.25, -0.2) is 0 Å². The maximum atomic E-state index is 11.6. The quantitative estimate of drug-likeness (QED) is 0.517. The largest absolute Gasteiger partial charge is 0.469 e. The van der Waals surface area contributed by atoms with E-state index in [0.29, 0.717) is 23.2 Å². The van der Waals surface area contributed by atoms with Gasteiger partial charge >= 0.3 is 5.97 Å². The van der Waals surface area contributed by atoms with Gasteiger partial charge in [0.1, 0.15) is 0 Å². The van der Waals surface area contributed by atoms with Crippen LogP contribution >= 0.6 is 0 Å². The molecule has 4 rings (SSSR count). The number of methoxy groups -OCH3 is 1. The van der Waals surface area contributed by atoms with Crippen LogP contribution in [-0.4, -0.2) is 13.1 Å². The van der Waals surface area contributed by atoms with E-state index in [2.05, 4.69) is 20.8 Å². The van der Waals surface area contributed by atoms with Crippen molar-refractivity contribution in [1.29, 1.82) is 0 Å². The maximum absolute atomic E-state index is 11.6. The first-order valence-electron chi connectivity index (χ1n) is 12.0. The van der Waals surface area contributed by atoms with Gasteiger partial charge in [-0.3, -0.25) is 4.79 Å². The van der Waals surface area contributed by atoms with Crippen LogP contribution in [0.2, 0.25) is 0 Å². The molecule has 0 saturated heterocycles. The third kappa shape index (κ3) is 3.18. The normalized spacial score (nSPS) is 47.5. The fourth-order valence-electron chi connectivity index (χ4n) is 8.92. The molecule has 154 valence electrons. The van der Waals surface area contributed by atoms with Crippen LogP contribution in [0.5, 0.6) is 0 Å². The Hall–Kier alpha value is -0.530. The summed E-state index contributed by atoms with van der Waals surface area (Å²) in [4.78, 5) is 11.6. The van der Waals surface area contributed by atoms with Gasteiger partial charge in [0.15, 0.2) is 0 Å². The van der Waals surface area contributed by atoms with Gasteiger partial charge in [0.05, 0.1) is 7.11 Å². The minimum Gasteiger partial charge on any atom is -0.469 e. The number of carbonyl (C=O) groups is 1. The molecule has 2 heteroatoms. The molecule has 0 N–H and O–H groups in total. The lowest BCUT2D eigenvalue weighted by molar-refractivity contribution is -0.141. The molecule has 0 aromatic rings. The molecule has 0 aromatic heterocycles. The molecule has 0 radical (unpaired) electrons. The molecule has 4 saturated carbocycles. The van der Waals surface area contributed by atoms with Crippen molar-refractivity contribution in [1.82, 2.24) is 0 Å². The monoisotopic (exact) mass is 374 g/mol. The van der Waals surface area contributed by atoms with Crippen LogP contribution in [0.3, 0.4) is 0 Å². The second kappa shape index (κ2) is 7.38. The summed E-state index contributed by atoms with van der Waals surface area (Å²) in [6.45, 7) is 7.73. The molecule has 0 aromatic carbocycles. The zero-order valence-electron chi connectivity index (χ0n) is 18.3. The molecule has 0 amide bonds. The van der Waals surface area contributed by atoms with Crippen molar-refractivity contribution >= 4 is 5.97 Å². The molecule has 4 aliphatic rings. The fourth-order valence-corrected chi connectivity index (χ4v) is 8.92. The van der Waals surface area contributed by atoms with Crippen molar-refractivity contribution in [3.05, 3.63) is 0 Å². The molecule has 4 fully saturated rings. The third-order valence-corrected chi connectivity index (χ3v) is 10.4. The lowest BCUT2D eigenvalue weighted by atomic mass is 9.44. The number of rotatable bonds is 4. The van der Waals surface area contributed by atoms with Crippen molar-refractivity contribution in [3.63, 3.8) is 0 Å². The van der Waals surface area contributed by atoms with Crippen LogP contribution < -0.4 is 0 Å². The van der Waals surface area contributed by atoms with Crippen LogP contribution in [0.1, 0.15) is 97.8 Å². The smallest absolute Gasteiger partial charge is 0.305 e. The summed E-state index contributed by atoms with van der Waals surface area (Å²) < 4.78 is 4.89. The summed E-state index contributed by atoms with van der Waals surface area (Å²) in [5.41, 5.74) is 1.17. The second-order valence-electron chi connectivity index (χ2n) is 11.2. The first kappa shape index (κ1) is 19.8. The van der Waals surface area contributed by atoms with E-state index in [0.717, 1.165) is 36.0 Å². The van der Waals surface area contributed by atoms with E-state index in [9.17, 15) is 4.79 Å². The SMILES string of the molecule is COC(=O)CC[C@@H](C)[C@H]1CC[C@H]2[C@@H]3CC[C@H]4CCCC[C@@]4(C)[C@H]3CC[C@@]12C. The van der Waals surface area contributed by atoms with Gasteiger partial charge in [-0.1, -0.05) is 33.6 Å². The minimum atomic E-state index is -0.0335.